The maximum atomic E-state index is 12.3. The van der Waals surface area contributed by atoms with Crippen molar-refractivity contribution in [1.82, 2.24) is 14.8 Å². The minimum absolute atomic E-state index is 0.0730. The number of carbonyl (C=O) groups excluding carboxylic acids is 1. The third-order valence-corrected chi connectivity index (χ3v) is 5.81. The summed E-state index contributed by atoms with van der Waals surface area (Å²) in [5, 5.41) is 12.3. The van der Waals surface area contributed by atoms with Crippen molar-refractivity contribution in [1.29, 1.82) is 0 Å². The molecule has 168 valence electrons. The van der Waals surface area contributed by atoms with Crippen LogP contribution in [0.3, 0.4) is 0 Å². The molecular formula is C23H32N4O4. The van der Waals surface area contributed by atoms with Crippen LogP contribution >= 0.6 is 0 Å². The number of nitrogens with zero attached hydrogens (tertiary/aromatic N) is 3. The van der Waals surface area contributed by atoms with Crippen molar-refractivity contribution in [2.75, 3.05) is 51.3 Å². The van der Waals surface area contributed by atoms with E-state index in [0.717, 1.165) is 50.6 Å². The van der Waals surface area contributed by atoms with Gasteiger partial charge in [-0.2, -0.15) is 0 Å². The lowest BCUT2D eigenvalue weighted by Crippen LogP contribution is -2.47. The van der Waals surface area contributed by atoms with E-state index in [4.69, 9.17) is 4.74 Å². The van der Waals surface area contributed by atoms with E-state index in [1.807, 2.05) is 18.2 Å². The van der Waals surface area contributed by atoms with E-state index >= 15 is 0 Å². The van der Waals surface area contributed by atoms with Crippen LogP contribution in [0.4, 0.5) is 5.69 Å². The molecule has 0 atom stereocenters. The van der Waals surface area contributed by atoms with Crippen LogP contribution < -0.4 is 15.0 Å². The van der Waals surface area contributed by atoms with Gasteiger partial charge in [0.25, 0.3) is 0 Å². The molecular weight excluding hydrogens is 396 g/mol. The van der Waals surface area contributed by atoms with E-state index in [-0.39, 0.29) is 17.9 Å². The number of carbonyl (C=O) groups is 2. The van der Waals surface area contributed by atoms with Crippen LogP contribution in [0.25, 0.3) is 0 Å². The van der Waals surface area contributed by atoms with Crippen molar-refractivity contribution in [3.05, 3.63) is 47.3 Å². The van der Waals surface area contributed by atoms with Gasteiger partial charge in [0.05, 0.1) is 24.8 Å². The predicted octanol–water partition coefficient (Wildman–Crippen LogP) is 1.91. The quantitative estimate of drug-likeness (QED) is 0.594. The summed E-state index contributed by atoms with van der Waals surface area (Å²) in [4.78, 5) is 28.5. The first-order valence-corrected chi connectivity index (χ1v) is 10.7. The zero-order valence-electron chi connectivity index (χ0n) is 18.6. The third-order valence-electron chi connectivity index (χ3n) is 5.81. The SMILES string of the molecule is COc1ccccc1N1CCN(CCCNC(=O)Cc2c(C(=O)O)c(C)cn2C)CC1. The molecule has 1 aromatic heterocycles. The number of nitrogens with one attached hydrogen (secondary N) is 1. The molecule has 0 radical (unpaired) electrons. The average Bonchev–Trinajstić information content (AvgIpc) is 3.04. The molecule has 1 aromatic carbocycles. The monoisotopic (exact) mass is 428 g/mol. The predicted molar refractivity (Wildman–Crippen MR) is 120 cm³/mol. The number of hydrogen-bond donors (Lipinski definition) is 2. The Morgan fingerprint density at radius 2 is 1.87 bits per heavy atom. The summed E-state index contributed by atoms with van der Waals surface area (Å²) in [6.07, 6.45) is 2.68. The Morgan fingerprint density at radius 1 is 1.16 bits per heavy atom. The van der Waals surface area contributed by atoms with Crippen molar-refractivity contribution in [2.45, 2.75) is 19.8 Å². The number of methoxy groups -OCH3 is 1. The fourth-order valence-electron chi connectivity index (χ4n) is 4.19. The normalized spacial score (nSPS) is 14.5. The lowest BCUT2D eigenvalue weighted by molar-refractivity contribution is -0.120. The largest absolute Gasteiger partial charge is 0.495 e. The number of ether oxygens (including phenoxy) is 1. The fraction of sp³-hybridized carbons (Fsp3) is 0.478. The number of piperazine rings is 1. The summed E-state index contributed by atoms with van der Waals surface area (Å²) in [6, 6.07) is 8.09. The second-order valence-corrected chi connectivity index (χ2v) is 7.93. The third kappa shape index (κ3) is 5.58. The summed E-state index contributed by atoms with van der Waals surface area (Å²) >= 11 is 0. The number of aromatic carboxylic acids is 1. The molecule has 8 nitrogen and oxygen atoms in total. The van der Waals surface area contributed by atoms with Gasteiger partial charge in [-0.05, 0) is 37.6 Å². The van der Waals surface area contributed by atoms with Gasteiger partial charge in [-0.25, -0.2) is 4.79 Å². The second-order valence-electron chi connectivity index (χ2n) is 7.93. The molecule has 3 rings (SSSR count). The zero-order valence-corrected chi connectivity index (χ0v) is 18.6. The van der Waals surface area contributed by atoms with E-state index < -0.39 is 5.97 Å². The highest BCUT2D eigenvalue weighted by Gasteiger charge is 2.21. The fourth-order valence-corrected chi connectivity index (χ4v) is 4.19. The molecule has 8 heteroatoms. The first kappa shape index (κ1) is 22.7. The van der Waals surface area contributed by atoms with Crippen LogP contribution in [0, 0.1) is 6.92 Å². The standard InChI is InChI=1S/C23H32N4O4/c1-17-16-25(2)19(22(17)23(29)30)15-21(28)24-9-6-10-26-11-13-27(14-12-26)18-7-4-5-8-20(18)31-3/h4-5,7-8,16H,6,9-15H2,1-3H3,(H,24,28)(H,29,30). The molecule has 1 aliphatic rings. The number of carboxylic acid groups (broad SMARTS) is 1. The lowest BCUT2D eigenvalue weighted by Gasteiger charge is -2.36. The average molecular weight is 429 g/mol. The van der Waals surface area contributed by atoms with Gasteiger partial charge in [0.15, 0.2) is 0 Å². The van der Waals surface area contributed by atoms with Crippen molar-refractivity contribution in [3.63, 3.8) is 0 Å². The Morgan fingerprint density at radius 3 is 2.55 bits per heavy atom. The van der Waals surface area contributed by atoms with Crippen LogP contribution in [0.1, 0.15) is 28.0 Å². The molecule has 2 heterocycles. The minimum atomic E-state index is -0.992. The number of para-hydroxylation sites is 2. The van der Waals surface area contributed by atoms with Gasteiger partial charge in [-0.1, -0.05) is 12.1 Å². The molecule has 1 aliphatic heterocycles. The van der Waals surface area contributed by atoms with Crippen LogP contribution in [0.15, 0.2) is 30.5 Å². The second kappa shape index (κ2) is 10.3. The molecule has 2 aromatic rings. The Kier molecular flexibility index (Phi) is 7.57. The summed E-state index contributed by atoms with van der Waals surface area (Å²) in [6.45, 7) is 7.07. The van der Waals surface area contributed by atoms with Crippen molar-refractivity contribution < 1.29 is 19.4 Å². The Labute approximate surface area is 183 Å². The van der Waals surface area contributed by atoms with Crippen LogP contribution in [-0.2, 0) is 18.3 Å². The first-order valence-electron chi connectivity index (χ1n) is 10.7. The van der Waals surface area contributed by atoms with E-state index in [1.165, 1.54) is 0 Å². The molecule has 1 saturated heterocycles. The lowest BCUT2D eigenvalue weighted by atomic mass is 10.1. The number of rotatable bonds is 9. The molecule has 1 fully saturated rings. The van der Waals surface area contributed by atoms with Gasteiger partial charge in [0, 0.05) is 51.7 Å². The Balaban J connectivity index is 1.39. The Hall–Kier alpha value is -3.00. The summed E-state index contributed by atoms with van der Waals surface area (Å²) < 4.78 is 7.19. The number of hydrogen-bond acceptors (Lipinski definition) is 5. The number of aryl methyl sites for hydroxylation is 2. The molecule has 0 bridgehead atoms. The van der Waals surface area contributed by atoms with Gasteiger partial charge in [-0.3, -0.25) is 9.69 Å². The highest BCUT2D eigenvalue weighted by molar-refractivity contribution is 5.93. The summed E-state index contributed by atoms with van der Waals surface area (Å²) in [5.74, 6) is -0.240. The molecule has 0 unspecified atom stereocenters. The number of amides is 1. The first-order chi connectivity index (χ1) is 14.9. The molecule has 2 N–H and O–H groups in total. The van der Waals surface area contributed by atoms with Gasteiger partial charge >= 0.3 is 5.97 Å². The van der Waals surface area contributed by atoms with Gasteiger partial charge in [-0.15, -0.1) is 0 Å². The summed E-state index contributed by atoms with van der Waals surface area (Å²) in [5.41, 5.74) is 2.57. The minimum Gasteiger partial charge on any atom is -0.495 e. The van der Waals surface area contributed by atoms with Gasteiger partial charge < -0.3 is 24.6 Å². The molecule has 0 saturated carbocycles. The van der Waals surface area contributed by atoms with Gasteiger partial charge in [0.1, 0.15) is 5.75 Å². The molecule has 31 heavy (non-hydrogen) atoms. The maximum Gasteiger partial charge on any atom is 0.337 e. The molecule has 0 spiro atoms. The summed E-state index contributed by atoms with van der Waals surface area (Å²) in [7, 11) is 3.47. The van der Waals surface area contributed by atoms with E-state index in [9.17, 15) is 14.7 Å². The highest BCUT2D eigenvalue weighted by Crippen LogP contribution is 2.28. The van der Waals surface area contributed by atoms with Crippen molar-refractivity contribution in [3.8, 4) is 5.75 Å². The van der Waals surface area contributed by atoms with Crippen molar-refractivity contribution in [2.24, 2.45) is 7.05 Å². The Bertz CT molecular complexity index is 916. The molecule has 1 amide bonds. The smallest absolute Gasteiger partial charge is 0.337 e. The van der Waals surface area contributed by atoms with Crippen LogP contribution in [-0.4, -0.2) is 72.8 Å². The van der Waals surface area contributed by atoms with Crippen LogP contribution in [0.2, 0.25) is 0 Å². The van der Waals surface area contributed by atoms with Crippen molar-refractivity contribution >= 4 is 17.6 Å². The van der Waals surface area contributed by atoms with Gasteiger partial charge in [0.2, 0.25) is 5.91 Å². The topological polar surface area (TPSA) is 87.0 Å². The number of aromatic nitrogens is 1. The van der Waals surface area contributed by atoms with E-state index in [2.05, 4.69) is 21.2 Å². The number of carboxylic acids is 1. The highest BCUT2D eigenvalue weighted by atomic mass is 16.5. The number of anilines is 1. The van der Waals surface area contributed by atoms with E-state index in [1.54, 1.807) is 31.8 Å². The number of benzene rings is 1. The molecule has 0 aliphatic carbocycles. The van der Waals surface area contributed by atoms with Crippen LogP contribution in [0.5, 0.6) is 5.75 Å². The zero-order chi connectivity index (χ0) is 22.4. The maximum absolute atomic E-state index is 12.3. The van der Waals surface area contributed by atoms with E-state index in [0.29, 0.717) is 17.8 Å².